The van der Waals surface area contributed by atoms with E-state index < -0.39 is 36.4 Å². The maximum absolute atomic E-state index is 12.5. The average Bonchev–Trinajstić information content (AvgIpc) is 2.92. The van der Waals surface area contributed by atoms with Gasteiger partial charge in [0, 0.05) is 6.20 Å². The van der Waals surface area contributed by atoms with Crippen LogP contribution in [0.2, 0.25) is 5.15 Å². The Hall–Kier alpha value is -2.74. The fourth-order valence-electron chi connectivity index (χ4n) is 3.24. The molecule has 0 saturated carbocycles. The predicted molar refractivity (Wildman–Crippen MR) is 95.5 cm³/mol. The molecule has 1 aliphatic heterocycles. The molecule has 0 bridgehead atoms. The van der Waals surface area contributed by atoms with E-state index >= 15 is 0 Å². The van der Waals surface area contributed by atoms with Crippen LogP contribution in [0.15, 0.2) is 30.5 Å². The van der Waals surface area contributed by atoms with Crippen molar-refractivity contribution in [2.45, 2.75) is 25.8 Å². The number of hydrogen-bond acceptors (Lipinski definition) is 6. The second-order valence-electron chi connectivity index (χ2n) is 6.38. The number of imide groups is 1. The molecule has 8 nitrogen and oxygen atoms in total. The molecule has 1 aromatic heterocycles. The van der Waals surface area contributed by atoms with Crippen LogP contribution in [0, 0.1) is 11.8 Å². The number of esters is 1. The van der Waals surface area contributed by atoms with Crippen molar-refractivity contribution in [3.8, 4) is 0 Å². The zero-order valence-electron chi connectivity index (χ0n) is 14.6. The minimum Gasteiger partial charge on any atom is -0.454 e. The highest BCUT2D eigenvalue weighted by molar-refractivity contribution is 6.32. The van der Waals surface area contributed by atoms with E-state index in [2.05, 4.69) is 10.3 Å². The van der Waals surface area contributed by atoms with Crippen molar-refractivity contribution in [2.24, 2.45) is 11.8 Å². The molecule has 27 heavy (non-hydrogen) atoms. The van der Waals surface area contributed by atoms with Crippen LogP contribution in [0.5, 0.6) is 0 Å². The zero-order chi connectivity index (χ0) is 19.6. The van der Waals surface area contributed by atoms with Crippen LogP contribution in [0.25, 0.3) is 0 Å². The molecule has 1 saturated heterocycles. The third kappa shape index (κ3) is 3.85. The Labute approximate surface area is 160 Å². The molecule has 9 heteroatoms. The minimum absolute atomic E-state index is 0.106. The molecule has 1 aliphatic carbocycles. The summed E-state index contributed by atoms with van der Waals surface area (Å²) in [4.78, 5) is 53.9. The molecule has 0 radical (unpaired) electrons. The summed E-state index contributed by atoms with van der Waals surface area (Å²) in [6, 6.07) is 2.05. The molecule has 142 valence electrons. The monoisotopic (exact) mass is 391 g/mol. The number of aromatic nitrogens is 1. The number of anilines is 1. The number of nitrogens with one attached hydrogen (secondary N) is 1. The standard InChI is InChI=1S/C18H18ClN3O5/c1-10(22-16(24)11-5-2-3-6-12(11)17(22)25)18(26)27-9-14(23)21-13-7-4-8-20-15(13)19/h2-4,7-8,10-12H,5-6,9H2,1H3,(H,21,23)/t10-,11-,12+/m0/s1. The lowest BCUT2D eigenvalue weighted by molar-refractivity contribution is -0.159. The number of allylic oxidation sites excluding steroid dienone is 2. The number of amides is 3. The lowest BCUT2D eigenvalue weighted by atomic mass is 9.85. The number of halogens is 1. The van der Waals surface area contributed by atoms with Gasteiger partial charge in [0.25, 0.3) is 5.91 Å². The molecular weight excluding hydrogens is 374 g/mol. The fraction of sp³-hybridized carbons (Fsp3) is 0.389. The third-order valence-corrected chi connectivity index (χ3v) is 4.95. The van der Waals surface area contributed by atoms with Crippen LogP contribution >= 0.6 is 11.6 Å². The smallest absolute Gasteiger partial charge is 0.329 e. The van der Waals surface area contributed by atoms with E-state index in [9.17, 15) is 19.2 Å². The summed E-state index contributed by atoms with van der Waals surface area (Å²) >= 11 is 5.84. The number of ether oxygens (including phenoxy) is 1. The molecule has 0 spiro atoms. The minimum atomic E-state index is -1.09. The second kappa shape index (κ2) is 7.87. The summed E-state index contributed by atoms with van der Waals surface area (Å²) in [5.74, 6) is -3.02. The highest BCUT2D eigenvalue weighted by atomic mass is 35.5. The van der Waals surface area contributed by atoms with Gasteiger partial charge in [0.1, 0.15) is 6.04 Å². The predicted octanol–water partition coefficient (Wildman–Crippen LogP) is 1.56. The van der Waals surface area contributed by atoms with Gasteiger partial charge in [0.2, 0.25) is 11.8 Å². The summed E-state index contributed by atoms with van der Waals surface area (Å²) in [5, 5.41) is 2.57. The van der Waals surface area contributed by atoms with E-state index in [0.717, 1.165) is 4.90 Å². The van der Waals surface area contributed by atoms with E-state index in [-0.39, 0.29) is 22.7 Å². The highest BCUT2D eigenvalue weighted by Gasteiger charge is 2.50. The molecule has 2 heterocycles. The number of likely N-dealkylation sites (tertiary alicyclic amines) is 1. The summed E-state index contributed by atoms with van der Waals surface area (Å²) in [6.07, 6.45) is 6.18. The number of carbonyl (C=O) groups excluding carboxylic acids is 4. The number of pyridine rings is 1. The maximum atomic E-state index is 12.5. The molecule has 0 unspecified atom stereocenters. The van der Waals surface area contributed by atoms with Gasteiger partial charge < -0.3 is 10.1 Å². The Kier molecular flexibility index (Phi) is 5.55. The molecule has 1 N–H and O–H groups in total. The lowest BCUT2D eigenvalue weighted by Crippen LogP contribution is -2.45. The Bertz CT molecular complexity index is 799. The lowest BCUT2D eigenvalue weighted by Gasteiger charge is -2.21. The van der Waals surface area contributed by atoms with Gasteiger partial charge in [0.15, 0.2) is 11.8 Å². The van der Waals surface area contributed by atoms with E-state index in [1.165, 1.54) is 13.1 Å². The Morgan fingerprint density at radius 1 is 1.30 bits per heavy atom. The maximum Gasteiger partial charge on any atom is 0.329 e. The van der Waals surface area contributed by atoms with Crippen LogP contribution in [0.3, 0.4) is 0 Å². The van der Waals surface area contributed by atoms with Gasteiger partial charge in [-0.1, -0.05) is 23.8 Å². The van der Waals surface area contributed by atoms with Crippen molar-refractivity contribution in [1.82, 2.24) is 9.88 Å². The second-order valence-corrected chi connectivity index (χ2v) is 6.73. The number of nitrogens with zero attached hydrogens (tertiary/aromatic N) is 2. The molecule has 2 aliphatic rings. The van der Waals surface area contributed by atoms with Gasteiger partial charge in [-0.05, 0) is 31.9 Å². The number of rotatable bonds is 5. The van der Waals surface area contributed by atoms with Gasteiger partial charge in [0.05, 0.1) is 17.5 Å². The SMILES string of the molecule is C[C@@H](C(=O)OCC(=O)Nc1cccnc1Cl)N1C(=O)[C@H]2CC=CC[C@H]2C1=O. The first-order valence-corrected chi connectivity index (χ1v) is 8.87. The summed E-state index contributed by atoms with van der Waals surface area (Å²) in [7, 11) is 0. The van der Waals surface area contributed by atoms with Crippen LogP contribution in [0.4, 0.5) is 5.69 Å². The number of fused-ring (bicyclic) bond motifs is 1. The van der Waals surface area contributed by atoms with Crippen molar-refractivity contribution >= 4 is 41.0 Å². The number of carbonyl (C=O) groups is 4. The molecule has 3 atom stereocenters. The quantitative estimate of drug-likeness (QED) is 0.353. The normalized spacial score (nSPS) is 22.4. The Morgan fingerprint density at radius 3 is 2.52 bits per heavy atom. The van der Waals surface area contributed by atoms with Gasteiger partial charge >= 0.3 is 5.97 Å². The topological polar surface area (TPSA) is 106 Å². The largest absolute Gasteiger partial charge is 0.454 e. The fourth-order valence-corrected chi connectivity index (χ4v) is 3.40. The van der Waals surface area contributed by atoms with Crippen molar-refractivity contribution in [3.63, 3.8) is 0 Å². The number of hydrogen-bond donors (Lipinski definition) is 1. The third-order valence-electron chi connectivity index (χ3n) is 4.65. The molecule has 1 aromatic rings. The van der Waals surface area contributed by atoms with E-state index in [1.807, 2.05) is 12.2 Å². The van der Waals surface area contributed by atoms with Gasteiger partial charge in [-0.25, -0.2) is 9.78 Å². The van der Waals surface area contributed by atoms with Crippen molar-refractivity contribution in [3.05, 3.63) is 35.6 Å². The Balaban J connectivity index is 1.56. The van der Waals surface area contributed by atoms with Crippen LogP contribution in [-0.4, -0.2) is 46.2 Å². The van der Waals surface area contributed by atoms with Crippen LogP contribution in [0.1, 0.15) is 19.8 Å². The van der Waals surface area contributed by atoms with E-state index in [0.29, 0.717) is 12.8 Å². The molecule has 3 rings (SSSR count). The molecular formula is C18H18ClN3O5. The van der Waals surface area contributed by atoms with Crippen molar-refractivity contribution in [1.29, 1.82) is 0 Å². The van der Waals surface area contributed by atoms with E-state index in [1.54, 1.807) is 12.1 Å². The first-order valence-electron chi connectivity index (χ1n) is 8.49. The first-order chi connectivity index (χ1) is 12.9. The molecule has 3 amide bonds. The van der Waals surface area contributed by atoms with Gasteiger partial charge in [-0.2, -0.15) is 0 Å². The van der Waals surface area contributed by atoms with E-state index in [4.69, 9.17) is 16.3 Å². The highest BCUT2D eigenvalue weighted by Crippen LogP contribution is 2.36. The average molecular weight is 392 g/mol. The Morgan fingerprint density at radius 2 is 1.93 bits per heavy atom. The van der Waals surface area contributed by atoms with Gasteiger partial charge in [-0.3, -0.25) is 19.3 Å². The zero-order valence-corrected chi connectivity index (χ0v) is 15.3. The van der Waals surface area contributed by atoms with Crippen molar-refractivity contribution < 1.29 is 23.9 Å². The van der Waals surface area contributed by atoms with Crippen LogP contribution in [-0.2, 0) is 23.9 Å². The van der Waals surface area contributed by atoms with Gasteiger partial charge in [-0.15, -0.1) is 0 Å². The molecule has 1 fully saturated rings. The van der Waals surface area contributed by atoms with Crippen molar-refractivity contribution in [2.75, 3.05) is 11.9 Å². The first kappa shape index (κ1) is 19.0. The summed E-state index contributed by atoms with van der Waals surface area (Å²) < 4.78 is 4.96. The summed E-state index contributed by atoms with van der Waals surface area (Å²) in [5.41, 5.74) is 0.287. The summed E-state index contributed by atoms with van der Waals surface area (Å²) in [6.45, 7) is 0.845. The molecule has 0 aromatic carbocycles. The van der Waals surface area contributed by atoms with Crippen LogP contribution < -0.4 is 5.32 Å².